The van der Waals surface area contributed by atoms with Gasteiger partial charge in [0.1, 0.15) is 0 Å². The molecule has 88 valence electrons. The summed E-state index contributed by atoms with van der Waals surface area (Å²) in [5.74, 6) is 0.227. The van der Waals surface area contributed by atoms with Crippen LogP contribution in [0, 0.1) is 5.41 Å². The molecule has 0 spiro atoms. The van der Waals surface area contributed by atoms with Crippen molar-refractivity contribution in [3.05, 3.63) is 0 Å². The van der Waals surface area contributed by atoms with Gasteiger partial charge in [-0.05, 0) is 25.2 Å². The van der Waals surface area contributed by atoms with Crippen LogP contribution in [0.15, 0.2) is 5.16 Å². The summed E-state index contributed by atoms with van der Waals surface area (Å²) in [6, 6.07) is -0.0883. The lowest BCUT2D eigenvalue weighted by molar-refractivity contribution is 0.0238. The first-order valence-electron chi connectivity index (χ1n) is 5.36. The van der Waals surface area contributed by atoms with Gasteiger partial charge in [-0.25, -0.2) is 0 Å². The number of nitrogens with zero attached hydrogens (tertiary/aromatic N) is 1. The van der Waals surface area contributed by atoms with Gasteiger partial charge in [0.2, 0.25) is 0 Å². The summed E-state index contributed by atoms with van der Waals surface area (Å²) in [5.41, 5.74) is 5.75. The maximum absolute atomic E-state index is 8.51. The maximum Gasteiger partial charge on any atom is 0.156 e. The molecule has 0 saturated carbocycles. The second-order valence-corrected chi connectivity index (χ2v) is 4.55. The van der Waals surface area contributed by atoms with Gasteiger partial charge in [-0.3, -0.25) is 0 Å². The second-order valence-electron chi connectivity index (χ2n) is 4.55. The smallest absolute Gasteiger partial charge is 0.156 e. The number of hydrogen-bond donors (Lipinski definition) is 3. The van der Waals surface area contributed by atoms with E-state index in [9.17, 15) is 0 Å². The SMILES string of the molecule is CC(NCC1(C)CCOCC1)C(N)=NO. The van der Waals surface area contributed by atoms with Crippen molar-refractivity contribution in [2.45, 2.75) is 32.7 Å². The minimum absolute atomic E-state index is 0.0883. The first-order valence-corrected chi connectivity index (χ1v) is 5.36. The molecule has 5 nitrogen and oxygen atoms in total. The quantitative estimate of drug-likeness (QED) is 0.276. The lowest BCUT2D eigenvalue weighted by Gasteiger charge is -2.34. The molecule has 1 aliphatic heterocycles. The molecule has 0 aromatic heterocycles. The number of oxime groups is 1. The summed E-state index contributed by atoms with van der Waals surface area (Å²) in [7, 11) is 0. The number of nitrogens with two attached hydrogens (primary N) is 1. The summed E-state index contributed by atoms with van der Waals surface area (Å²) < 4.78 is 5.32. The van der Waals surface area contributed by atoms with Gasteiger partial charge in [-0.2, -0.15) is 0 Å². The molecule has 1 heterocycles. The van der Waals surface area contributed by atoms with Gasteiger partial charge in [-0.15, -0.1) is 0 Å². The normalized spacial score (nSPS) is 23.7. The highest BCUT2D eigenvalue weighted by molar-refractivity contribution is 5.84. The summed E-state index contributed by atoms with van der Waals surface area (Å²) in [6.45, 7) is 6.65. The van der Waals surface area contributed by atoms with Crippen molar-refractivity contribution in [2.24, 2.45) is 16.3 Å². The molecule has 0 amide bonds. The molecular weight excluding hydrogens is 194 g/mol. The molecule has 4 N–H and O–H groups in total. The predicted molar refractivity (Wildman–Crippen MR) is 59.0 cm³/mol. The van der Waals surface area contributed by atoms with Gasteiger partial charge in [0, 0.05) is 19.8 Å². The van der Waals surface area contributed by atoms with Crippen LogP contribution in [0.3, 0.4) is 0 Å². The van der Waals surface area contributed by atoms with E-state index in [0.717, 1.165) is 32.6 Å². The van der Waals surface area contributed by atoms with E-state index < -0.39 is 0 Å². The van der Waals surface area contributed by atoms with E-state index in [2.05, 4.69) is 17.4 Å². The fraction of sp³-hybridized carbons (Fsp3) is 0.900. The van der Waals surface area contributed by atoms with Crippen LogP contribution in [-0.2, 0) is 4.74 Å². The Morgan fingerprint density at radius 3 is 2.73 bits per heavy atom. The average molecular weight is 215 g/mol. The molecule has 1 atom stereocenters. The Morgan fingerprint density at radius 2 is 2.20 bits per heavy atom. The van der Waals surface area contributed by atoms with E-state index in [4.69, 9.17) is 15.7 Å². The van der Waals surface area contributed by atoms with E-state index in [-0.39, 0.29) is 17.3 Å². The molecule has 0 aliphatic carbocycles. The van der Waals surface area contributed by atoms with Gasteiger partial charge in [-0.1, -0.05) is 12.1 Å². The third-order valence-electron chi connectivity index (χ3n) is 3.09. The van der Waals surface area contributed by atoms with Crippen molar-refractivity contribution in [3.63, 3.8) is 0 Å². The Morgan fingerprint density at radius 1 is 1.60 bits per heavy atom. The van der Waals surface area contributed by atoms with Gasteiger partial charge >= 0.3 is 0 Å². The fourth-order valence-corrected chi connectivity index (χ4v) is 1.63. The fourth-order valence-electron chi connectivity index (χ4n) is 1.63. The number of hydrogen-bond acceptors (Lipinski definition) is 4. The monoisotopic (exact) mass is 215 g/mol. The predicted octanol–water partition coefficient (Wildman–Crippen LogP) is 0.528. The molecule has 15 heavy (non-hydrogen) atoms. The Kier molecular flexibility index (Phi) is 4.35. The van der Waals surface area contributed by atoms with E-state index in [0.29, 0.717) is 0 Å². The molecule has 0 radical (unpaired) electrons. The Balaban J connectivity index is 2.35. The first-order chi connectivity index (χ1) is 7.07. The lowest BCUT2D eigenvalue weighted by atomic mass is 9.82. The van der Waals surface area contributed by atoms with Gasteiger partial charge in [0.25, 0.3) is 0 Å². The van der Waals surface area contributed by atoms with Crippen molar-refractivity contribution in [3.8, 4) is 0 Å². The summed E-state index contributed by atoms with van der Waals surface area (Å²) >= 11 is 0. The maximum atomic E-state index is 8.51. The van der Waals surface area contributed by atoms with E-state index in [1.54, 1.807) is 0 Å². The first kappa shape index (κ1) is 12.3. The Hall–Kier alpha value is -0.810. The largest absolute Gasteiger partial charge is 0.409 e. The van der Waals surface area contributed by atoms with Crippen LogP contribution >= 0.6 is 0 Å². The highest BCUT2D eigenvalue weighted by Gasteiger charge is 2.27. The number of rotatable bonds is 4. The number of ether oxygens (including phenoxy) is 1. The number of amidine groups is 1. The molecule has 5 heteroatoms. The zero-order valence-electron chi connectivity index (χ0n) is 9.49. The molecule has 0 aromatic rings. The molecular formula is C10H21N3O2. The second kappa shape index (κ2) is 5.32. The summed E-state index contributed by atoms with van der Waals surface area (Å²) in [5, 5.41) is 14.8. The van der Waals surface area contributed by atoms with Crippen LogP contribution in [0.1, 0.15) is 26.7 Å². The lowest BCUT2D eigenvalue weighted by Crippen LogP contribution is -2.45. The average Bonchev–Trinajstić information content (AvgIpc) is 2.26. The van der Waals surface area contributed by atoms with Crippen LogP contribution in [0.25, 0.3) is 0 Å². The number of nitrogens with one attached hydrogen (secondary N) is 1. The zero-order chi connectivity index (χ0) is 11.3. The molecule has 1 fully saturated rings. The molecule has 1 rings (SSSR count). The molecule has 1 saturated heterocycles. The van der Waals surface area contributed by atoms with Gasteiger partial charge in [0.15, 0.2) is 5.84 Å². The Labute approximate surface area is 90.7 Å². The van der Waals surface area contributed by atoms with Gasteiger partial charge < -0.3 is 21.0 Å². The minimum Gasteiger partial charge on any atom is -0.409 e. The van der Waals surface area contributed by atoms with E-state index in [1.165, 1.54) is 0 Å². The topological polar surface area (TPSA) is 79.9 Å². The highest BCUT2D eigenvalue weighted by atomic mass is 16.5. The summed E-state index contributed by atoms with van der Waals surface area (Å²) in [4.78, 5) is 0. The Bertz CT molecular complexity index is 225. The summed E-state index contributed by atoms with van der Waals surface area (Å²) in [6.07, 6.45) is 2.12. The van der Waals surface area contributed by atoms with Crippen LogP contribution in [-0.4, -0.2) is 36.8 Å². The molecule has 0 aromatic carbocycles. The van der Waals surface area contributed by atoms with Gasteiger partial charge in [0.05, 0.1) is 6.04 Å². The standard InChI is InChI=1S/C10H21N3O2/c1-8(9(11)13-14)12-7-10(2)3-5-15-6-4-10/h8,12,14H,3-7H2,1-2H3,(H2,11,13). The minimum atomic E-state index is -0.0883. The van der Waals surface area contributed by atoms with Crippen LogP contribution in [0.5, 0.6) is 0 Å². The van der Waals surface area contributed by atoms with Crippen LogP contribution in [0.4, 0.5) is 0 Å². The molecule has 0 bridgehead atoms. The van der Waals surface area contributed by atoms with Crippen molar-refractivity contribution in [2.75, 3.05) is 19.8 Å². The van der Waals surface area contributed by atoms with E-state index in [1.807, 2.05) is 6.92 Å². The van der Waals surface area contributed by atoms with Crippen molar-refractivity contribution < 1.29 is 9.94 Å². The third kappa shape index (κ3) is 3.68. The van der Waals surface area contributed by atoms with Crippen LogP contribution < -0.4 is 11.1 Å². The zero-order valence-corrected chi connectivity index (χ0v) is 9.49. The molecule has 1 aliphatic rings. The van der Waals surface area contributed by atoms with Crippen molar-refractivity contribution in [1.82, 2.24) is 5.32 Å². The van der Waals surface area contributed by atoms with E-state index >= 15 is 0 Å². The highest BCUT2D eigenvalue weighted by Crippen LogP contribution is 2.28. The third-order valence-corrected chi connectivity index (χ3v) is 3.09. The van der Waals surface area contributed by atoms with Crippen molar-refractivity contribution in [1.29, 1.82) is 0 Å². The molecule has 1 unspecified atom stereocenters. The van der Waals surface area contributed by atoms with Crippen LogP contribution in [0.2, 0.25) is 0 Å². The van der Waals surface area contributed by atoms with Crippen molar-refractivity contribution >= 4 is 5.84 Å².